The molecule has 0 fully saturated rings. The van der Waals surface area contributed by atoms with Crippen molar-refractivity contribution >= 4 is 5.97 Å². The van der Waals surface area contributed by atoms with Gasteiger partial charge in [-0.25, -0.2) is 0 Å². The molecule has 0 amide bonds. The molecule has 0 bridgehead atoms. The van der Waals surface area contributed by atoms with E-state index >= 15 is 0 Å². The standard InChI is InChI=1S/C11H18N2O3/c1-4-13-11(16)8(5-6-9(14)15)10(12-13)7(2)3/h7,12H,4-6H2,1-3H3,(H,14,15). The van der Waals surface area contributed by atoms with Crippen molar-refractivity contribution in [2.45, 2.75) is 46.1 Å². The Bertz CT molecular complexity index is 429. The number of nitrogens with one attached hydrogen (secondary N) is 1. The number of carboxylic acid groups (broad SMARTS) is 1. The number of aromatic nitrogens is 2. The minimum atomic E-state index is -0.877. The molecule has 0 atom stereocenters. The highest BCUT2D eigenvalue weighted by atomic mass is 16.4. The third kappa shape index (κ3) is 2.53. The predicted octanol–water partition coefficient (Wildman–Crippen LogP) is 1.34. The van der Waals surface area contributed by atoms with Gasteiger partial charge in [-0.15, -0.1) is 0 Å². The molecule has 0 spiro atoms. The number of aryl methyl sites for hydroxylation is 1. The Kier molecular flexibility index (Phi) is 3.93. The second kappa shape index (κ2) is 5.01. The van der Waals surface area contributed by atoms with Gasteiger partial charge in [0.15, 0.2) is 0 Å². The summed E-state index contributed by atoms with van der Waals surface area (Å²) in [5, 5.41) is 11.7. The number of hydrogen-bond donors (Lipinski definition) is 2. The fraction of sp³-hybridized carbons (Fsp3) is 0.636. The molecule has 0 saturated carbocycles. The van der Waals surface area contributed by atoms with Gasteiger partial charge in [0.25, 0.3) is 5.56 Å². The van der Waals surface area contributed by atoms with Gasteiger partial charge in [-0.3, -0.25) is 19.4 Å². The summed E-state index contributed by atoms with van der Waals surface area (Å²) in [6.45, 7) is 6.42. The topological polar surface area (TPSA) is 75.1 Å². The van der Waals surface area contributed by atoms with Crippen LogP contribution in [-0.4, -0.2) is 20.9 Å². The molecular formula is C11H18N2O3. The van der Waals surface area contributed by atoms with Gasteiger partial charge < -0.3 is 5.11 Å². The second-order valence-electron chi connectivity index (χ2n) is 4.10. The van der Waals surface area contributed by atoms with Crippen molar-refractivity contribution in [3.05, 3.63) is 21.6 Å². The molecule has 0 saturated heterocycles. The summed E-state index contributed by atoms with van der Waals surface area (Å²) in [7, 11) is 0. The summed E-state index contributed by atoms with van der Waals surface area (Å²) in [6.07, 6.45) is 0.293. The third-order valence-corrected chi connectivity index (χ3v) is 2.57. The van der Waals surface area contributed by atoms with Crippen molar-refractivity contribution in [1.82, 2.24) is 9.78 Å². The quantitative estimate of drug-likeness (QED) is 0.795. The SMILES string of the molecule is CCn1[nH]c(C(C)C)c(CCC(=O)O)c1=O. The Morgan fingerprint density at radius 1 is 1.50 bits per heavy atom. The van der Waals surface area contributed by atoms with E-state index in [-0.39, 0.29) is 17.9 Å². The number of aromatic amines is 1. The molecule has 0 unspecified atom stereocenters. The van der Waals surface area contributed by atoms with Crippen molar-refractivity contribution in [1.29, 1.82) is 0 Å². The van der Waals surface area contributed by atoms with E-state index in [1.165, 1.54) is 4.68 Å². The smallest absolute Gasteiger partial charge is 0.303 e. The van der Waals surface area contributed by atoms with E-state index < -0.39 is 5.97 Å². The Morgan fingerprint density at radius 2 is 2.12 bits per heavy atom. The maximum atomic E-state index is 11.9. The summed E-state index contributed by atoms with van der Waals surface area (Å²) in [5.74, 6) is -0.678. The number of rotatable bonds is 5. The Hall–Kier alpha value is -1.52. The van der Waals surface area contributed by atoms with Crippen LogP contribution >= 0.6 is 0 Å². The van der Waals surface area contributed by atoms with Gasteiger partial charge >= 0.3 is 5.97 Å². The van der Waals surface area contributed by atoms with Crippen LogP contribution in [-0.2, 0) is 17.8 Å². The highest BCUT2D eigenvalue weighted by molar-refractivity contribution is 5.67. The molecule has 1 aromatic heterocycles. The summed E-state index contributed by atoms with van der Waals surface area (Å²) < 4.78 is 1.52. The highest BCUT2D eigenvalue weighted by Crippen LogP contribution is 2.15. The molecule has 5 nitrogen and oxygen atoms in total. The molecule has 0 aliphatic rings. The van der Waals surface area contributed by atoms with Crippen molar-refractivity contribution in [2.24, 2.45) is 0 Å². The van der Waals surface area contributed by atoms with Crippen LogP contribution in [0.2, 0.25) is 0 Å². The lowest BCUT2D eigenvalue weighted by molar-refractivity contribution is -0.136. The first kappa shape index (κ1) is 12.5. The number of hydrogen-bond acceptors (Lipinski definition) is 2. The maximum Gasteiger partial charge on any atom is 0.303 e. The van der Waals surface area contributed by atoms with E-state index in [1.54, 1.807) is 0 Å². The van der Waals surface area contributed by atoms with Crippen LogP contribution in [0.5, 0.6) is 0 Å². The first-order chi connectivity index (χ1) is 7.47. The first-order valence-electron chi connectivity index (χ1n) is 5.50. The first-order valence-corrected chi connectivity index (χ1v) is 5.50. The Labute approximate surface area is 94.1 Å². The molecule has 90 valence electrons. The monoisotopic (exact) mass is 226 g/mol. The lowest BCUT2D eigenvalue weighted by Gasteiger charge is -2.04. The average Bonchev–Trinajstić information content (AvgIpc) is 2.52. The van der Waals surface area contributed by atoms with E-state index in [0.717, 1.165) is 5.69 Å². The zero-order chi connectivity index (χ0) is 12.3. The van der Waals surface area contributed by atoms with Gasteiger partial charge in [-0.1, -0.05) is 13.8 Å². The van der Waals surface area contributed by atoms with Gasteiger partial charge in [-0.05, 0) is 19.3 Å². The second-order valence-corrected chi connectivity index (χ2v) is 4.10. The minimum Gasteiger partial charge on any atom is -0.481 e. The number of nitrogens with zero attached hydrogens (tertiary/aromatic N) is 1. The molecule has 0 aliphatic carbocycles. The van der Waals surface area contributed by atoms with Crippen LogP contribution in [0.1, 0.15) is 44.4 Å². The number of carbonyl (C=O) groups is 1. The van der Waals surface area contributed by atoms with Crippen LogP contribution in [0.15, 0.2) is 4.79 Å². The van der Waals surface area contributed by atoms with Crippen LogP contribution < -0.4 is 5.56 Å². The summed E-state index contributed by atoms with van der Waals surface area (Å²) in [6, 6.07) is 0. The number of carboxylic acids is 1. The zero-order valence-electron chi connectivity index (χ0n) is 9.91. The number of aliphatic carboxylic acids is 1. The van der Waals surface area contributed by atoms with Gasteiger partial charge in [0, 0.05) is 24.2 Å². The fourth-order valence-corrected chi connectivity index (χ4v) is 1.72. The van der Waals surface area contributed by atoms with E-state index in [0.29, 0.717) is 18.5 Å². The third-order valence-electron chi connectivity index (χ3n) is 2.57. The van der Waals surface area contributed by atoms with Crippen molar-refractivity contribution in [3.8, 4) is 0 Å². The summed E-state index contributed by atoms with van der Waals surface area (Å²) in [4.78, 5) is 22.4. The zero-order valence-corrected chi connectivity index (χ0v) is 9.91. The van der Waals surface area contributed by atoms with Crippen LogP contribution in [0.4, 0.5) is 0 Å². The number of H-pyrrole nitrogens is 1. The highest BCUT2D eigenvalue weighted by Gasteiger charge is 2.16. The molecule has 1 rings (SSSR count). The van der Waals surface area contributed by atoms with E-state index in [1.807, 2.05) is 20.8 Å². The van der Waals surface area contributed by atoms with Gasteiger partial charge in [0.2, 0.25) is 0 Å². The van der Waals surface area contributed by atoms with Crippen LogP contribution in [0, 0.1) is 0 Å². The van der Waals surface area contributed by atoms with Gasteiger partial charge in [-0.2, -0.15) is 0 Å². The molecule has 2 N–H and O–H groups in total. The molecular weight excluding hydrogens is 208 g/mol. The van der Waals surface area contributed by atoms with Gasteiger partial charge in [0.1, 0.15) is 0 Å². The predicted molar refractivity (Wildman–Crippen MR) is 60.8 cm³/mol. The lowest BCUT2D eigenvalue weighted by atomic mass is 10.0. The Balaban J connectivity index is 3.08. The molecule has 1 aromatic rings. The average molecular weight is 226 g/mol. The molecule has 0 radical (unpaired) electrons. The largest absolute Gasteiger partial charge is 0.481 e. The van der Waals surface area contributed by atoms with E-state index in [4.69, 9.17) is 5.11 Å². The minimum absolute atomic E-state index is 0.00344. The van der Waals surface area contributed by atoms with Crippen LogP contribution in [0.25, 0.3) is 0 Å². The maximum absolute atomic E-state index is 11.9. The van der Waals surface area contributed by atoms with Gasteiger partial charge in [0.05, 0.1) is 0 Å². The fourth-order valence-electron chi connectivity index (χ4n) is 1.72. The van der Waals surface area contributed by atoms with Crippen LogP contribution in [0.3, 0.4) is 0 Å². The van der Waals surface area contributed by atoms with E-state index in [2.05, 4.69) is 5.10 Å². The van der Waals surface area contributed by atoms with Crippen molar-refractivity contribution in [3.63, 3.8) is 0 Å². The molecule has 0 aliphatic heterocycles. The van der Waals surface area contributed by atoms with E-state index in [9.17, 15) is 9.59 Å². The normalized spacial score (nSPS) is 11.0. The molecule has 16 heavy (non-hydrogen) atoms. The molecule has 5 heteroatoms. The summed E-state index contributed by atoms with van der Waals surface area (Å²) >= 11 is 0. The Morgan fingerprint density at radius 3 is 2.56 bits per heavy atom. The summed E-state index contributed by atoms with van der Waals surface area (Å²) in [5.41, 5.74) is 1.37. The molecule has 0 aromatic carbocycles. The lowest BCUT2D eigenvalue weighted by Crippen LogP contribution is -2.18. The van der Waals surface area contributed by atoms with Crippen molar-refractivity contribution < 1.29 is 9.90 Å². The van der Waals surface area contributed by atoms with Crippen molar-refractivity contribution in [2.75, 3.05) is 0 Å². The molecule has 1 heterocycles.